The van der Waals surface area contributed by atoms with E-state index in [0.717, 1.165) is 12.8 Å². The van der Waals surface area contributed by atoms with Crippen molar-refractivity contribution >= 4 is 15.7 Å². The Kier molecular flexibility index (Phi) is 4.27. The second-order valence-electron chi connectivity index (χ2n) is 5.90. The van der Waals surface area contributed by atoms with Crippen LogP contribution in [0.2, 0.25) is 0 Å². The van der Waals surface area contributed by atoms with Crippen molar-refractivity contribution in [2.45, 2.75) is 37.9 Å². The van der Waals surface area contributed by atoms with Gasteiger partial charge in [0.2, 0.25) is 0 Å². The highest BCUT2D eigenvalue weighted by atomic mass is 32.2. The van der Waals surface area contributed by atoms with Crippen LogP contribution in [-0.4, -0.2) is 43.6 Å². The van der Waals surface area contributed by atoms with E-state index in [1.807, 2.05) is 0 Å². The zero-order chi connectivity index (χ0) is 14.0. The Bertz CT molecular complexity index is 425. The van der Waals surface area contributed by atoms with Crippen LogP contribution in [0.1, 0.15) is 33.1 Å². The van der Waals surface area contributed by atoms with Crippen LogP contribution in [0, 0.1) is 5.41 Å². The van der Waals surface area contributed by atoms with Crippen LogP contribution in [0.3, 0.4) is 0 Å². The number of nitrogens with zero attached hydrogens (tertiary/aromatic N) is 1. The van der Waals surface area contributed by atoms with Crippen LogP contribution >= 0.6 is 0 Å². The van der Waals surface area contributed by atoms with Gasteiger partial charge in [-0.2, -0.15) is 0 Å². The van der Waals surface area contributed by atoms with Crippen LogP contribution in [0.4, 0.5) is 0 Å². The Morgan fingerprint density at radius 3 is 2.44 bits per heavy atom. The molecule has 0 radical (unpaired) electrons. The topological polar surface area (TPSA) is 105 Å². The summed E-state index contributed by atoms with van der Waals surface area (Å²) in [6.07, 6.45) is 3.85. The Balaban J connectivity index is 2.44. The molecule has 0 aliphatic heterocycles. The van der Waals surface area contributed by atoms with Gasteiger partial charge in [-0.1, -0.05) is 5.16 Å². The maximum Gasteiger partial charge on any atom is 0.153 e. The van der Waals surface area contributed by atoms with Gasteiger partial charge in [0.25, 0.3) is 0 Å². The van der Waals surface area contributed by atoms with E-state index in [2.05, 4.69) is 10.5 Å². The molecule has 0 saturated heterocycles. The molecule has 0 heterocycles. The molecule has 1 saturated carbocycles. The van der Waals surface area contributed by atoms with Gasteiger partial charge in [0.15, 0.2) is 9.84 Å². The number of rotatable bonds is 7. The summed E-state index contributed by atoms with van der Waals surface area (Å²) < 4.78 is 22.3. The van der Waals surface area contributed by atoms with E-state index in [1.165, 1.54) is 6.26 Å². The molecule has 4 N–H and O–H groups in total. The lowest BCUT2D eigenvalue weighted by atomic mass is 10.0. The lowest BCUT2D eigenvalue weighted by Crippen LogP contribution is -2.43. The summed E-state index contributed by atoms with van der Waals surface area (Å²) in [6, 6.07) is 0. The molecule has 1 aliphatic rings. The summed E-state index contributed by atoms with van der Waals surface area (Å²) in [5.41, 5.74) is 5.55. The fourth-order valence-corrected chi connectivity index (χ4v) is 2.14. The first-order valence-electron chi connectivity index (χ1n) is 5.99. The van der Waals surface area contributed by atoms with Crippen molar-refractivity contribution in [2.75, 3.05) is 19.3 Å². The number of sulfone groups is 1. The molecule has 1 fully saturated rings. The van der Waals surface area contributed by atoms with E-state index in [1.54, 1.807) is 13.8 Å². The predicted octanol–water partition coefficient (Wildman–Crippen LogP) is 0.316. The first-order valence-corrected chi connectivity index (χ1v) is 7.88. The number of nitrogens with one attached hydrogen (secondary N) is 1. The summed E-state index contributed by atoms with van der Waals surface area (Å²) in [7, 11) is -3.08. The molecule has 7 heteroatoms. The van der Waals surface area contributed by atoms with Gasteiger partial charge in [-0.3, -0.25) is 0 Å². The molecule has 6 nitrogen and oxygen atoms in total. The van der Waals surface area contributed by atoms with E-state index >= 15 is 0 Å². The second kappa shape index (κ2) is 5.05. The second-order valence-corrected chi connectivity index (χ2v) is 8.55. The third-order valence-corrected chi connectivity index (χ3v) is 5.85. The first-order chi connectivity index (χ1) is 8.12. The number of hydrogen-bond donors (Lipinski definition) is 3. The average Bonchev–Trinajstić information content (AvgIpc) is 2.96. The first kappa shape index (κ1) is 15.2. The van der Waals surface area contributed by atoms with E-state index in [4.69, 9.17) is 10.9 Å². The largest absolute Gasteiger partial charge is 0.409 e. The number of nitrogens with two attached hydrogens (primary N) is 1. The average molecular weight is 277 g/mol. The van der Waals surface area contributed by atoms with Crippen molar-refractivity contribution in [3.05, 3.63) is 0 Å². The summed E-state index contributed by atoms with van der Waals surface area (Å²) in [4.78, 5) is 0. The zero-order valence-corrected chi connectivity index (χ0v) is 12.0. The molecule has 0 atom stereocenters. The molecule has 0 bridgehead atoms. The highest BCUT2D eigenvalue weighted by molar-refractivity contribution is 7.92. The quantitative estimate of drug-likeness (QED) is 0.269. The molecule has 0 spiro atoms. The van der Waals surface area contributed by atoms with Gasteiger partial charge in [-0.05, 0) is 32.1 Å². The van der Waals surface area contributed by atoms with Crippen LogP contribution in [-0.2, 0) is 9.84 Å². The lowest BCUT2D eigenvalue weighted by molar-refractivity contribution is 0.314. The van der Waals surface area contributed by atoms with Crippen molar-refractivity contribution in [3.8, 4) is 0 Å². The van der Waals surface area contributed by atoms with Gasteiger partial charge in [0.1, 0.15) is 5.84 Å². The van der Waals surface area contributed by atoms with Crippen molar-refractivity contribution in [3.63, 3.8) is 0 Å². The van der Waals surface area contributed by atoms with Crippen molar-refractivity contribution in [2.24, 2.45) is 16.3 Å². The maximum absolute atomic E-state index is 11.5. The van der Waals surface area contributed by atoms with Crippen LogP contribution in [0.5, 0.6) is 0 Å². The van der Waals surface area contributed by atoms with Crippen molar-refractivity contribution < 1.29 is 13.6 Å². The maximum atomic E-state index is 11.5. The smallest absolute Gasteiger partial charge is 0.153 e. The van der Waals surface area contributed by atoms with Crippen molar-refractivity contribution in [1.82, 2.24) is 5.32 Å². The van der Waals surface area contributed by atoms with Crippen LogP contribution in [0.15, 0.2) is 5.16 Å². The van der Waals surface area contributed by atoms with Crippen LogP contribution in [0.25, 0.3) is 0 Å². The Hall–Kier alpha value is -0.820. The van der Waals surface area contributed by atoms with Gasteiger partial charge < -0.3 is 16.3 Å². The molecule has 0 unspecified atom stereocenters. The minimum absolute atomic E-state index is 0.0455. The van der Waals surface area contributed by atoms with Gasteiger partial charge >= 0.3 is 0 Å². The van der Waals surface area contributed by atoms with Crippen molar-refractivity contribution in [1.29, 1.82) is 0 Å². The molecule has 0 amide bonds. The summed E-state index contributed by atoms with van der Waals surface area (Å²) in [5.74, 6) is 0.233. The summed E-state index contributed by atoms with van der Waals surface area (Å²) in [6.45, 7) is 4.52. The molecule has 0 aromatic rings. The Morgan fingerprint density at radius 2 is 2.06 bits per heavy atom. The third kappa shape index (κ3) is 3.84. The third-order valence-electron chi connectivity index (χ3n) is 3.70. The fourth-order valence-electron chi connectivity index (χ4n) is 1.77. The molecule has 0 aromatic heterocycles. The summed E-state index contributed by atoms with van der Waals surface area (Å²) in [5, 5.41) is 14.7. The van der Waals surface area contributed by atoms with E-state index in [9.17, 15) is 8.42 Å². The minimum Gasteiger partial charge on any atom is -0.409 e. The number of hydrogen-bond acceptors (Lipinski definition) is 5. The Morgan fingerprint density at radius 1 is 1.50 bits per heavy atom. The normalized spacial score (nSPS) is 19.8. The summed E-state index contributed by atoms with van der Waals surface area (Å²) >= 11 is 0. The molecule has 18 heavy (non-hydrogen) atoms. The van der Waals surface area contributed by atoms with E-state index < -0.39 is 14.6 Å². The Labute approximate surface area is 109 Å². The van der Waals surface area contributed by atoms with E-state index in [0.29, 0.717) is 19.5 Å². The van der Waals surface area contributed by atoms with Gasteiger partial charge in [0, 0.05) is 25.8 Å². The van der Waals surface area contributed by atoms with Gasteiger partial charge in [0.05, 0.1) is 4.75 Å². The standard InChI is InChI=1S/C11H23N3O3S/c1-10(2,18(3,16)17)7-13-8-11(4-5-11)6-9(12)14-15/h13,15H,4-8H2,1-3H3,(H2,12,14). The van der Waals surface area contributed by atoms with Crippen LogP contribution < -0.4 is 11.1 Å². The SMILES string of the molecule is CC(C)(CNCC1(CC(N)=NO)CC1)S(C)(=O)=O. The van der Waals surface area contributed by atoms with E-state index in [-0.39, 0.29) is 11.3 Å². The van der Waals surface area contributed by atoms with Gasteiger partial charge in [-0.15, -0.1) is 0 Å². The van der Waals surface area contributed by atoms with Gasteiger partial charge in [-0.25, -0.2) is 8.42 Å². The molecule has 1 rings (SSSR count). The predicted molar refractivity (Wildman–Crippen MR) is 71.5 cm³/mol. The molecular weight excluding hydrogens is 254 g/mol. The minimum atomic E-state index is -3.08. The molecular formula is C11H23N3O3S. The highest BCUT2D eigenvalue weighted by Gasteiger charge is 2.43. The number of amidine groups is 1. The monoisotopic (exact) mass is 277 g/mol. The molecule has 0 aromatic carbocycles. The zero-order valence-electron chi connectivity index (χ0n) is 11.2. The molecule has 106 valence electrons. The highest BCUT2D eigenvalue weighted by Crippen LogP contribution is 2.48. The number of oxime groups is 1. The lowest BCUT2D eigenvalue weighted by Gasteiger charge is -2.24. The fraction of sp³-hybridized carbons (Fsp3) is 0.909. The molecule has 1 aliphatic carbocycles.